The van der Waals surface area contributed by atoms with Gasteiger partial charge >= 0.3 is 0 Å². The number of nitrogens with zero attached hydrogens (tertiary/aromatic N) is 1. The first-order valence-electron chi connectivity index (χ1n) is 11.9. The highest BCUT2D eigenvalue weighted by Gasteiger charge is 2.77. The second-order valence-electron chi connectivity index (χ2n) is 9.71. The van der Waals surface area contributed by atoms with Gasteiger partial charge in [0.2, 0.25) is 17.7 Å². The molecule has 176 valence electrons. The Bertz CT molecular complexity index is 715. The third-order valence-electron chi connectivity index (χ3n) is 7.48. The number of aliphatic hydroxyl groups excluding tert-OH is 1. The lowest BCUT2D eigenvalue weighted by Gasteiger charge is -2.37. The number of carbonyl (C=O) groups excluding carboxylic acids is 3. The fraction of sp³-hybridized carbons (Fsp3) is 0.870. The number of rotatable bonds is 10. The lowest BCUT2D eigenvalue weighted by atomic mass is 9.66. The van der Waals surface area contributed by atoms with Gasteiger partial charge in [0.15, 0.2) is 0 Å². The largest absolute Gasteiger partial charge is 0.394 e. The quantitative estimate of drug-likeness (QED) is 0.470. The van der Waals surface area contributed by atoms with E-state index in [4.69, 9.17) is 0 Å². The van der Waals surface area contributed by atoms with Crippen LogP contribution in [0.5, 0.6) is 0 Å². The normalized spacial score (nSPS) is 35.7. The number of amides is 3. The molecule has 3 amide bonds. The molecule has 8 heteroatoms. The summed E-state index contributed by atoms with van der Waals surface area (Å²) in [6, 6.07) is -1.06. The Balaban J connectivity index is 2.02. The molecule has 3 aliphatic heterocycles. The summed E-state index contributed by atoms with van der Waals surface area (Å²) in [5, 5.41) is 16.2. The van der Waals surface area contributed by atoms with Crippen LogP contribution in [0.4, 0.5) is 0 Å². The summed E-state index contributed by atoms with van der Waals surface area (Å²) in [5.74, 6) is -1.33. The molecular weight excluding hydrogens is 414 g/mol. The van der Waals surface area contributed by atoms with Crippen molar-refractivity contribution in [3.63, 3.8) is 0 Å². The number of nitrogens with one attached hydrogen (secondary N) is 2. The molecule has 0 aromatic carbocycles. The zero-order valence-electron chi connectivity index (χ0n) is 19.6. The van der Waals surface area contributed by atoms with E-state index in [1.165, 1.54) is 0 Å². The van der Waals surface area contributed by atoms with Gasteiger partial charge < -0.3 is 20.6 Å². The van der Waals surface area contributed by atoms with Gasteiger partial charge in [0.1, 0.15) is 6.04 Å². The molecule has 0 aromatic heterocycles. The summed E-state index contributed by atoms with van der Waals surface area (Å²) in [6.07, 6.45) is 4.77. The molecule has 7 atom stereocenters. The summed E-state index contributed by atoms with van der Waals surface area (Å²) in [6.45, 7) is 10.5. The standard InChI is InChI=1S/C23H39N3O4S/c1-6-9-14(4)25-20(29)18-23-11-10-22(5,31-23)16(19(28)24-12-7-2)17(23)21(30)26(18)15(8-3)13-27/h14-18,27H,6-13H2,1-5H3,(H,24,28)(H,25,29)/t14?,15-,16-,17-,18?,22+,23?/m0/s1. The van der Waals surface area contributed by atoms with Gasteiger partial charge in [-0.2, -0.15) is 0 Å². The minimum absolute atomic E-state index is 0.0157. The molecule has 7 nitrogen and oxygen atoms in total. The maximum Gasteiger partial charge on any atom is 0.244 e. The molecular formula is C23H39N3O4S. The first kappa shape index (κ1) is 24.4. The monoisotopic (exact) mass is 453 g/mol. The van der Waals surface area contributed by atoms with Crippen LogP contribution in [0.25, 0.3) is 0 Å². The molecule has 3 N–H and O–H groups in total. The second-order valence-corrected chi connectivity index (χ2v) is 11.6. The third kappa shape index (κ3) is 3.88. The minimum atomic E-state index is -0.655. The Labute approximate surface area is 190 Å². The summed E-state index contributed by atoms with van der Waals surface area (Å²) in [5.41, 5.74) is 0. The van der Waals surface area contributed by atoms with Crippen LogP contribution in [-0.4, -0.2) is 68.5 Å². The van der Waals surface area contributed by atoms with Crippen molar-refractivity contribution in [3.05, 3.63) is 0 Å². The summed E-state index contributed by atoms with van der Waals surface area (Å²) >= 11 is 1.68. The highest BCUT2D eigenvalue weighted by molar-refractivity contribution is 8.02. The molecule has 0 aliphatic carbocycles. The number of likely N-dealkylation sites (tertiary alicyclic amines) is 1. The van der Waals surface area contributed by atoms with Gasteiger partial charge in [0, 0.05) is 17.3 Å². The first-order chi connectivity index (χ1) is 14.7. The van der Waals surface area contributed by atoms with Gasteiger partial charge in [0.25, 0.3) is 0 Å². The third-order valence-corrected chi connectivity index (χ3v) is 9.47. The van der Waals surface area contributed by atoms with E-state index in [-0.39, 0.29) is 35.1 Å². The summed E-state index contributed by atoms with van der Waals surface area (Å²) < 4.78 is -0.961. The van der Waals surface area contributed by atoms with Crippen LogP contribution in [0.1, 0.15) is 73.1 Å². The molecule has 0 aromatic rings. The zero-order chi connectivity index (χ0) is 23.0. The molecule has 3 rings (SSSR count). The number of thioether (sulfide) groups is 1. The van der Waals surface area contributed by atoms with E-state index < -0.39 is 28.7 Å². The minimum Gasteiger partial charge on any atom is -0.394 e. The van der Waals surface area contributed by atoms with E-state index in [9.17, 15) is 19.5 Å². The lowest BCUT2D eigenvalue weighted by Crippen LogP contribution is -2.57. The predicted molar refractivity (Wildman–Crippen MR) is 123 cm³/mol. The van der Waals surface area contributed by atoms with E-state index in [0.717, 1.165) is 32.1 Å². The van der Waals surface area contributed by atoms with Crippen molar-refractivity contribution in [3.8, 4) is 0 Å². The van der Waals surface area contributed by atoms with E-state index >= 15 is 0 Å². The maximum absolute atomic E-state index is 13.8. The van der Waals surface area contributed by atoms with Gasteiger partial charge in [-0.25, -0.2) is 0 Å². The smallest absolute Gasteiger partial charge is 0.244 e. The molecule has 3 fully saturated rings. The predicted octanol–water partition coefficient (Wildman–Crippen LogP) is 2.07. The number of hydrogen-bond acceptors (Lipinski definition) is 5. The molecule has 3 unspecified atom stereocenters. The fourth-order valence-corrected chi connectivity index (χ4v) is 8.40. The van der Waals surface area contributed by atoms with Gasteiger partial charge in [-0.05, 0) is 46.0 Å². The van der Waals surface area contributed by atoms with Crippen LogP contribution in [0.15, 0.2) is 0 Å². The zero-order valence-corrected chi connectivity index (χ0v) is 20.4. The van der Waals surface area contributed by atoms with Crippen molar-refractivity contribution < 1.29 is 19.5 Å². The van der Waals surface area contributed by atoms with E-state index in [1.54, 1.807) is 16.7 Å². The highest BCUT2D eigenvalue weighted by Crippen LogP contribution is 2.71. The molecule has 3 aliphatic rings. The second kappa shape index (κ2) is 9.30. The van der Waals surface area contributed by atoms with Crippen molar-refractivity contribution in [1.82, 2.24) is 15.5 Å². The maximum atomic E-state index is 13.8. The molecule has 0 saturated carbocycles. The Morgan fingerprint density at radius 3 is 2.52 bits per heavy atom. The van der Waals surface area contributed by atoms with Crippen LogP contribution in [-0.2, 0) is 14.4 Å². The van der Waals surface area contributed by atoms with Crippen molar-refractivity contribution in [1.29, 1.82) is 0 Å². The number of aliphatic hydroxyl groups is 1. The Kier molecular flexibility index (Phi) is 7.31. The Morgan fingerprint density at radius 2 is 1.94 bits per heavy atom. The number of fused-ring (bicyclic) bond motifs is 1. The van der Waals surface area contributed by atoms with Crippen LogP contribution in [0.2, 0.25) is 0 Å². The fourth-order valence-electron chi connectivity index (χ4n) is 6.06. The molecule has 31 heavy (non-hydrogen) atoms. The van der Waals surface area contributed by atoms with Crippen LogP contribution < -0.4 is 10.6 Å². The molecule has 3 saturated heterocycles. The average molecular weight is 454 g/mol. The van der Waals surface area contributed by atoms with Gasteiger partial charge in [-0.1, -0.05) is 27.2 Å². The van der Waals surface area contributed by atoms with Gasteiger partial charge in [0.05, 0.1) is 29.2 Å². The topological polar surface area (TPSA) is 98.7 Å². The molecule has 1 spiro atoms. The first-order valence-corrected chi connectivity index (χ1v) is 12.7. The van der Waals surface area contributed by atoms with E-state index in [1.807, 2.05) is 20.8 Å². The number of hydrogen-bond donors (Lipinski definition) is 3. The lowest BCUT2D eigenvalue weighted by molar-refractivity contribution is -0.143. The van der Waals surface area contributed by atoms with Gasteiger partial charge in [-0.15, -0.1) is 11.8 Å². The molecule has 3 heterocycles. The van der Waals surface area contributed by atoms with E-state index in [0.29, 0.717) is 13.0 Å². The van der Waals surface area contributed by atoms with Crippen LogP contribution in [0, 0.1) is 11.8 Å². The molecule has 0 radical (unpaired) electrons. The van der Waals surface area contributed by atoms with Gasteiger partial charge in [-0.3, -0.25) is 14.4 Å². The Hall–Kier alpha value is -1.28. The molecule has 2 bridgehead atoms. The van der Waals surface area contributed by atoms with E-state index in [2.05, 4.69) is 24.5 Å². The van der Waals surface area contributed by atoms with Crippen molar-refractivity contribution in [2.24, 2.45) is 11.8 Å². The van der Waals surface area contributed by atoms with Crippen LogP contribution >= 0.6 is 11.8 Å². The summed E-state index contributed by atoms with van der Waals surface area (Å²) in [7, 11) is 0. The van der Waals surface area contributed by atoms with Crippen LogP contribution in [0.3, 0.4) is 0 Å². The van der Waals surface area contributed by atoms with Crippen molar-refractivity contribution in [2.45, 2.75) is 101 Å². The average Bonchev–Trinajstić information content (AvgIpc) is 3.28. The SMILES string of the molecule is CCCNC(=O)[C@@H]1[C@H]2C(=O)N([C@@H](CC)CO)C(C(=O)NC(C)CCC)C23CC[C@@]1(C)S3. The van der Waals surface area contributed by atoms with Crippen molar-refractivity contribution >= 4 is 29.5 Å². The van der Waals surface area contributed by atoms with Crippen molar-refractivity contribution in [2.75, 3.05) is 13.2 Å². The Morgan fingerprint density at radius 1 is 1.23 bits per heavy atom. The highest BCUT2D eigenvalue weighted by atomic mass is 32.2. The number of carbonyl (C=O) groups is 3. The summed E-state index contributed by atoms with van der Waals surface area (Å²) in [4.78, 5) is 42.3.